The lowest BCUT2D eigenvalue weighted by Crippen LogP contribution is -2.41. The molecule has 0 radical (unpaired) electrons. The highest BCUT2D eigenvalue weighted by Crippen LogP contribution is 2.28. The lowest BCUT2D eigenvalue weighted by atomic mass is 9.97. The van der Waals surface area contributed by atoms with Gasteiger partial charge in [-0.05, 0) is 52.7 Å². The second-order valence-corrected chi connectivity index (χ2v) is 6.26. The SMILES string of the molecule is CC/C(=C\C1C(C)N=C(C)N1C(C)C)c1cc(C)ncc1F. The summed E-state index contributed by atoms with van der Waals surface area (Å²) in [6, 6.07) is 2.58. The average molecular weight is 303 g/mol. The Morgan fingerprint density at radius 1 is 1.41 bits per heavy atom. The van der Waals surface area contributed by atoms with Crippen LogP contribution in [-0.2, 0) is 0 Å². The molecular formula is C18H26FN3. The molecule has 4 heteroatoms. The molecule has 0 aromatic carbocycles. The number of allylic oxidation sites excluding steroid dienone is 1. The summed E-state index contributed by atoms with van der Waals surface area (Å²) in [5.74, 6) is 0.809. The van der Waals surface area contributed by atoms with E-state index in [1.807, 2.05) is 19.9 Å². The normalized spacial score (nSPS) is 22.5. The van der Waals surface area contributed by atoms with Crippen molar-refractivity contribution in [2.75, 3.05) is 0 Å². The van der Waals surface area contributed by atoms with Gasteiger partial charge in [-0.3, -0.25) is 9.98 Å². The second-order valence-electron chi connectivity index (χ2n) is 6.26. The van der Waals surface area contributed by atoms with Gasteiger partial charge in [-0.25, -0.2) is 4.39 Å². The maximum atomic E-state index is 14.2. The van der Waals surface area contributed by atoms with Gasteiger partial charge in [-0.15, -0.1) is 0 Å². The van der Waals surface area contributed by atoms with Crippen LogP contribution in [0.2, 0.25) is 0 Å². The minimum atomic E-state index is -0.252. The van der Waals surface area contributed by atoms with Gasteiger partial charge in [0.15, 0.2) is 0 Å². The first-order valence-corrected chi connectivity index (χ1v) is 8.01. The number of amidine groups is 1. The zero-order valence-electron chi connectivity index (χ0n) is 14.4. The predicted octanol–water partition coefficient (Wildman–Crippen LogP) is 4.22. The molecule has 1 aromatic heterocycles. The fourth-order valence-corrected chi connectivity index (χ4v) is 3.22. The van der Waals surface area contributed by atoms with Crippen molar-refractivity contribution in [3.8, 4) is 0 Å². The van der Waals surface area contributed by atoms with E-state index in [1.54, 1.807) is 0 Å². The van der Waals surface area contributed by atoms with Gasteiger partial charge >= 0.3 is 0 Å². The minimum Gasteiger partial charge on any atom is -0.350 e. The number of aryl methyl sites for hydroxylation is 1. The highest BCUT2D eigenvalue weighted by molar-refractivity contribution is 5.83. The summed E-state index contributed by atoms with van der Waals surface area (Å²) in [6.45, 7) is 12.5. The molecule has 1 aromatic rings. The molecular weight excluding hydrogens is 277 g/mol. The Morgan fingerprint density at radius 2 is 2.09 bits per heavy atom. The van der Waals surface area contributed by atoms with Crippen molar-refractivity contribution in [1.29, 1.82) is 0 Å². The van der Waals surface area contributed by atoms with Gasteiger partial charge in [0.05, 0.1) is 24.1 Å². The summed E-state index contributed by atoms with van der Waals surface area (Å²) in [4.78, 5) is 11.0. The quantitative estimate of drug-likeness (QED) is 0.833. The van der Waals surface area contributed by atoms with Crippen molar-refractivity contribution in [2.45, 2.75) is 66.1 Å². The number of aliphatic imine (C=N–C) groups is 1. The maximum Gasteiger partial charge on any atom is 0.148 e. The molecule has 2 heterocycles. The Kier molecular flexibility index (Phi) is 4.99. The average Bonchev–Trinajstić information content (AvgIpc) is 2.73. The Morgan fingerprint density at radius 3 is 2.68 bits per heavy atom. The van der Waals surface area contributed by atoms with E-state index in [0.29, 0.717) is 11.6 Å². The van der Waals surface area contributed by atoms with Crippen molar-refractivity contribution in [3.05, 3.63) is 35.4 Å². The smallest absolute Gasteiger partial charge is 0.148 e. The van der Waals surface area contributed by atoms with Crippen LogP contribution < -0.4 is 0 Å². The molecule has 0 amide bonds. The number of nitrogens with zero attached hydrogens (tertiary/aromatic N) is 3. The molecule has 0 fully saturated rings. The number of hydrogen-bond acceptors (Lipinski definition) is 3. The third-order valence-electron chi connectivity index (χ3n) is 4.23. The van der Waals surface area contributed by atoms with E-state index in [2.05, 4.69) is 48.6 Å². The van der Waals surface area contributed by atoms with Gasteiger partial charge in [0.2, 0.25) is 0 Å². The van der Waals surface area contributed by atoms with Crippen molar-refractivity contribution in [1.82, 2.24) is 9.88 Å². The highest BCUT2D eigenvalue weighted by atomic mass is 19.1. The number of halogens is 1. The molecule has 1 aliphatic rings. The summed E-state index contributed by atoms with van der Waals surface area (Å²) in [5.41, 5.74) is 2.52. The van der Waals surface area contributed by atoms with Crippen LogP contribution in [0.3, 0.4) is 0 Å². The van der Waals surface area contributed by atoms with Crippen LogP contribution in [0.5, 0.6) is 0 Å². The van der Waals surface area contributed by atoms with Crippen molar-refractivity contribution < 1.29 is 4.39 Å². The van der Waals surface area contributed by atoms with Crippen LogP contribution >= 0.6 is 0 Å². The first-order chi connectivity index (χ1) is 10.3. The van der Waals surface area contributed by atoms with Gasteiger partial charge in [0.25, 0.3) is 0 Å². The van der Waals surface area contributed by atoms with Crippen LogP contribution in [0.4, 0.5) is 4.39 Å². The second kappa shape index (κ2) is 6.59. The summed E-state index contributed by atoms with van der Waals surface area (Å²) >= 11 is 0. The molecule has 2 atom stereocenters. The van der Waals surface area contributed by atoms with E-state index in [9.17, 15) is 4.39 Å². The number of aromatic nitrogens is 1. The topological polar surface area (TPSA) is 28.5 Å². The van der Waals surface area contributed by atoms with E-state index in [1.165, 1.54) is 6.20 Å². The first-order valence-electron chi connectivity index (χ1n) is 8.01. The van der Waals surface area contributed by atoms with Gasteiger partial charge in [-0.1, -0.05) is 13.0 Å². The van der Waals surface area contributed by atoms with Gasteiger partial charge in [-0.2, -0.15) is 0 Å². The number of hydrogen-bond donors (Lipinski definition) is 0. The van der Waals surface area contributed by atoms with Crippen molar-refractivity contribution in [3.63, 3.8) is 0 Å². The number of pyridine rings is 1. The van der Waals surface area contributed by atoms with E-state index < -0.39 is 0 Å². The summed E-state index contributed by atoms with van der Waals surface area (Å²) in [6.07, 6.45) is 4.28. The van der Waals surface area contributed by atoms with Gasteiger partial charge in [0, 0.05) is 17.3 Å². The third-order valence-corrected chi connectivity index (χ3v) is 4.23. The summed E-state index contributed by atoms with van der Waals surface area (Å²) in [7, 11) is 0. The Labute approximate surface area is 133 Å². The van der Waals surface area contributed by atoms with Crippen LogP contribution in [0.15, 0.2) is 23.3 Å². The molecule has 3 nitrogen and oxygen atoms in total. The third kappa shape index (κ3) is 3.21. The molecule has 1 aliphatic heterocycles. The van der Waals surface area contributed by atoms with Gasteiger partial charge in [0.1, 0.15) is 5.82 Å². The Bertz CT molecular complexity index is 604. The lowest BCUT2D eigenvalue weighted by Gasteiger charge is -2.31. The highest BCUT2D eigenvalue weighted by Gasteiger charge is 2.31. The molecule has 0 aliphatic carbocycles. The van der Waals surface area contributed by atoms with Crippen LogP contribution in [-0.4, -0.2) is 33.8 Å². The zero-order valence-corrected chi connectivity index (χ0v) is 14.4. The molecule has 2 unspecified atom stereocenters. The zero-order chi connectivity index (χ0) is 16.4. The monoisotopic (exact) mass is 303 g/mol. The van der Waals surface area contributed by atoms with Gasteiger partial charge < -0.3 is 4.90 Å². The van der Waals surface area contributed by atoms with Crippen LogP contribution in [0.25, 0.3) is 5.57 Å². The van der Waals surface area contributed by atoms with Crippen LogP contribution in [0, 0.1) is 12.7 Å². The van der Waals surface area contributed by atoms with E-state index in [0.717, 1.165) is 23.5 Å². The standard InChI is InChI=1S/C18H26FN3/c1-7-15(16-8-12(4)20-10-17(16)19)9-18-13(5)21-14(6)22(18)11(2)3/h8-11,13,18H,7H2,1-6H3/b15-9+. The molecule has 2 rings (SSSR count). The van der Waals surface area contributed by atoms with E-state index >= 15 is 0 Å². The molecule has 0 saturated heterocycles. The molecule has 0 spiro atoms. The van der Waals surface area contributed by atoms with E-state index in [-0.39, 0.29) is 17.9 Å². The number of rotatable bonds is 4. The molecule has 22 heavy (non-hydrogen) atoms. The Balaban J connectivity index is 2.42. The Hall–Kier alpha value is -1.71. The molecule has 120 valence electrons. The lowest BCUT2D eigenvalue weighted by molar-refractivity contribution is 0.303. The van der Waals surface area contributed by atoms with Crippen molar-refractivity contribution >= 4 is 11.4 Å². The van der Waals surface area contributed by atoms with E-state index in [4.69, 9.17) is 0 Å². The molecule has 0 bridgehead atoms. The molecule has 0 N–H and O–H groups in total. The van der Waals surface area contributed by atoms with Crippen LogP contribution in [0.1, 0.15) is 52.3 Å². The molecule has 0 saturated carbocycles. The summed E-state index contributed by atoms with van der Waals surface area (Å²) < 4.78 is 14.2. The maximum absolute atomic E-state index is 14.2. The minimum absolute atomic E-state index is 0.183. The summed E-state index contributed by atoms with van der Waals surface area (Å²) in [5, 5.41) is 0. The predicted molar refractivity (Wildman–Crippen MR) is 90.5 cm³/mol. The van der Waals surface area contributed by atoms with Crippen molar-refractivity contribution in [2.24, 2.45) is 4.99 Å². The first kappa shape index (κ1) is 16.7. The largest absolute Gasteiger partial charge is 0.350 e. The fourth-order valence-electron chi connectivity index (χ4n) is 3.22. The fraction of sp³-hybridized carbons (Fsp3) is 0.556.